The van der Waals surface area contributed by atoms with E-state index in [1.165, 1.54) is 0 Å². The van der Waals surface area contributed by atoms with Crippen molar-refractivity contribution in [2.75, 3.05) is 23.8 Å². The van der Waals surface area contributed by atoms with Crippen LogP contribution in [0.3, 0.4) is 0 Å². The molecule has 0 unspecified atom stereocenters. The number of benzene rings is 1. The molecule has 0 atom stereocenters. The summed E-state index contributed by atoms with van der Waals surface area (Å²) in [7, 11) is 1.82. The molecule has 1 amide bonds. The van der Waals surface area contributed by atoms with E-state index in [1.807, 2.05) is 38.2 Å². The minimum Gasteiger partial charge on any atom is -0.386 e. The van der Waals surface area contributed by atoms with E-state index in [0.717, 1.165) is 11.4 Å². The van der Waals surface area contributed by atoms with Crippen LogP contribution >= 0.6 is 0 Å². The van der Waals surface area contributed by atoms with E-state index in [9.17, 15) is 4.79 Å². The fourth-order valence-corrected chi connectivity index (χ4v) is 1.51. The van der Waals surface area contributed by atoms with Crippen molar-refractivity contribution in [1.29, 1.82) is 0 Å². The van der Waals surface area contributed by atoms with E-state index >= 15 is 0 Å². The van der Waals surface area contributed by atoms with Crippen LogP contribution in [0.5, 0.6) is 0 Å². The lowest BCUT2D eigenvalue weighted by Crippen LogP contribution is -2.31. The maximum Gasteiger partial charge on any atom is 0.227 e. The van der Waals surface area contributed by atoms with E-state index in [4.69, 9.17) is 6.42 Å². The zero-order valence-corrected chi connectivity index (χ0v) is 9.66. The third-order valence-corrected chi connectivity index (χ3v) is 2.32. The third-order valence-electron chi connectivity index (χ3n) is 2.32. The monoisotopic (exact) mass is 216 g/mol. The number of anilines is 2. The molecular formula is C13H16N2O. The molecule has 1 N–H and O–H groups in total. The predicted octanol–water partition coefficient (Wildman–Crippen LogP) is 2.10. The fraction of sp³-hybridized carbons (Fsp3) is 0.308. The molecule has 0 aromatic heterocycles. The number of hydrogen-bond donors (Lipinski definition) is 1. The predicted molar refractivity (Wildman–Crippen MR) is 67.5 cm³/mol. The van der Waals surface area contributed by atoms with Gasteiger partial charge in [-0.05, 0) is 12.1 Å². The Hall–Kier alpha value is -1.95. The molecule has 0 spiro atoms. The van der Waals surface area contributed by atoms with Crippen LogP contribution < -0.4 is 10.2 Å². The highest BCUT2D eigenvalue weighted by atomic mass is 16.2. The van der Waals surface area contributed by atoms with Gasteiger partial charge in [-0.1, -0.05) is 25.0 Å². The molecule has 0 saturated carbocycles. The lowest BCUT2D eigenvalue weighted by molar-refractivity contribution is -0.118. The second-order valence-corrected chi connectivity index (χ2v) is 3.30. The Labute approximate surface area is 96.5 Å². The van der Waals surface area contributed by atoms with E-state index in [1.54, 1.807) is 4.90 Å². The number of para-hydroxylation sites is 2. The fourth-order valence-electron chi connectivity index (χ4n) is 1.51. The van der Waals surface area contributed by atoms with Crippen molar-refractivity contribution in [1.82, 2.24) is 0 Å². The quantitative estimate of drug-likeness (QED) is 0.782. The van der Waals surface area contributed by atoms with Crippen molar-refractivity contribution < 1.29 is 4.79 Å². The van der Waals surface area contributed by atoms with Gasteiger partial charge < -0.3 is 5.32 Å². The minimum atomic E-state index is 0.0284. The molecule has 0 aliphatic heterocycles. The summed E-state index contributed by atoms with van der Waals surface area (Å²) in [6.45, 7) is 2.12. The van der Waals surface area contributed by atoms with Crippen LogP contribution in [0.1, 0.15) is 13.3 Å². The maximum atomic E-state index is 11.8. The Kier molecular flexibility index (Phi) is 4.41. The highest BCUT2D eigenvalue weighted by Crippen LogP contribution is 2.25. The average molecular weight is 216 g/mol. The molecule has 0 aliphatic carbocycles. The number of terminal acetylenes is 1. The Morgan fingerprint density at radius 1 is 1.50 bits per heavy atom. The van der Waals surface area contributed by atoms with E-state index in [0.29, 0.717) is 13.0 Å². The van der Waals surface area contributed by atoms with Gasteiger partial charge >= 0.3 is 0 Å². The molecule has 3 heteroatoms. The second kappa shape index (κ2) is 5.82. The Bertz CT molecular complexity index is 407. The molecule has 0 saturated heterocycles. The zero-order chi connectivity index (χ0) is 12.0. The lowest BCUT2D eigenvalue weighted by Gasteiger charge is -2.22. The zero-order valence-electron chi connectivity index (χ0n) is 9.66. The Morgan fingerprint density at radius 3 is 2.75 bits per heavy atom. The molecule has 84 valence electrons. The SMILES string of the molecule is C#CCN(C(=O)CC)c1ccccc1NC. The second-order valence-electron chi connectivity index (χ2n) is 3.30. The smallest absolute Gasteiger partial charge is 0.227 e. The van der Waals surface area contributed by atoms with Gasteiger partial charge in [0.1, 0.15) is 0 Å². The van der Waals surface area contributed by atoms with Crippen molar-refractivity contribution in [3.8, 4) is 12.3 Å². The van der Waals surface area contributed by atoms with Crippen molar-refractivity contribution >= 4 is 17.3 Å². The number of nitrogens with zero attached hydrogens (tertiary/aromatic N) is 1. The van der Waals surface area contributed by atoms with Gasteiger partial charge in [-0.2, -0.15) is 0 Å². The summed E-state index contributed by atoms with van der Waals surface area (Å²) in [6.07, 6.45) is 5.73. The largest absolute Gasteiger partial charge is 0.386 e. The first-order chi connectivity index (χ1) is 7.74. The molecule has 0 aliphatic rings. The van der Waals surface area contributed by atoms with Crippen LogP contribution in [0.4, 0.5) is 11.4 Å². The molecule has 0 bridgehead atoms. The van der Waals surface area contributed by atoms with Gasteiger partial charge in [-0.15, -0.1) is 6.42 Å². The van der Waals surface area contributed by atoms with Crippen molar-refractivity contribution in [3.05, 3.63) is 24.3 Å². The molecule has 16 heavy (non-hydrogen) atoms. The normalized spacial score (nSPS) is 9.31. The highest BCUT2D eigenvalue weighted by Gasteiger charge is 2.15. The van der Waals surface area contributed by atoms with Crippen molar-refractivity contribution in [2.24, 2.45) is 0 Å². The summed E-state index contributed by atoms with van der Waals surface area (Å²) in [5.74, 6) is 2.54. The summed E-state index contributed by atoms with van der Waals surface area (Å²) in [5.41, 5.74) is 1.73. The number of hydrogen-bond acceptors (Lipinski definition) is 2. The van der Waals surface area contributed by atoms with Gasteiger partial charge in [-0.3, -0.25) is 9.69 Å². The minimum absolute atomic E-state index is 0.0284. The molecule has 1 aromatic rings. The van der Waals surface area contributed by atoms with E-state index in [2.05, 4.69) is 11.2 Å². The molecular weight excluding hydrogens is 200 g/mol. The summed E-state index contributed by atoms with van der Waals surface area (Å²) < 4.78 is 0. The Morgan fingerprint density at radius 2 is 2.19 bits per heavy atom. The molecule has 3 nitrogen and oxygen atoms in total. The van der Waals surface area contributed by atoms with Gasteiger partial charge in [0.05, 0.1) is 17.9 Å². The van der Waals surface area contributed by atoms with Crippen molar-refractivity contribution in [2.45, 2.75) is 13.3 Å². The van der Waals surface area contributed by atoms with E-state index in [-0.39, 0.29) is 5.91 Å². The highest BCUT2D eigenvalue weighted by molar-refractivity contribution is 5.96. The van der Waals surface area contributed by atoms with Crippen LogP contribution in [0.2, 0.25) is 0 Å². The van der Waals surface area contributed by atoms with Crippen LogP contribution in [-0.2, 0) is 4.79 Å². The molecule has 0 fully saturated rings. The van der Waals surface area contributed by atoms with Gasteiger partial charge in [-0.25, -0.2) is 0 Å². The average Bonchev–Trinajstić information content (AvgIpc) is 2.35. The molecule has 0 heterocycles. The molecule has 0 radical (unpaired) electrons. The number of amides is 1. The first-order valence-electron chi connectivity index (χ1n) is 5.25. The summed E-state index contributed by atoms with van der Waals surface area (Å²) in [6, 6.07) is 7.61. The third kappa shape index (κ3) is 2.54. The number of carbonyl (C=O) groups excluding carboxylic acids is 1. The molecule has 1 rings (SSSR count). The van der Waals surface area contributed by atoms with Gasteiger partial charge in [0.2, 0.25) is 5.91 Å². The van der Waals surface area contributed by atoms with Crippen LogP contribution in [-0.4, -0.2) is 19.5 Å². The van der Waals surface area contributed by atoms with Crippen LogP contribution in [0.25, 0.3) is 0 Å². The first-order valence-corrected chi connectivity index (χ1v) is 5.25. The van der Waals surface area contributed by atoms with Crippen molar-refractivity contribution in [3.63, 3.8) is 0 Å². The molecule has 1 aromatic carbocycles. The topological polar surface area (TPSA) is 32.3 Å². The van der Waals surface area contributed by atoms with Gasteiger partial charge in [0.15, 0.2) is 0 Å². The summed E-state index contributed by atoms with van der Waals surface area (Å²) in [4.78, 5) is 13.4. The summed E-state index contributed by atoms with van der Waals surface area (Å²) in [5, 5.41) is 3.05. The standard InChI is InChI=1S/C13H16N2O/c1-4-10-15(13(16)5-2)12-9-7-6-8-11(12)14-3/h1,6-9,14H,5,10H2,2-3H3. The van der Waals surface area contributed by atoms with Crippen LogP contribution in [0.15, 0.2) is 24.3 Å². The maximum absolute atomic E-state index is 11.8. The van der Waals surface area contributed by atoms with Gasteiger partial charge in [0, 0.05) is 13.5 Å². The number of rotatable bonds is 4. The summed E-state index contributed by atoms with van der Waals surface area (Å²) >= 11 is 0. The Balaban J connectivity index is 3.10. The lowest BCUT2D eigenvalue weighted by atomic mass is 10.2. The first kappa shape index (κ1) is 12.1. The number of carbonyl (C=O) groups is 1. The van der Waals surface area contributed by atoms with E-state index < -0.39 is 0 Å². The van der Waals surface area contributed by atoms with Gasteiger partial charge in [0.25, 0.3) is 0 Å². The number of nitrogens with one attached hydrogen (secondary N) is 1. The van der Waals surface area contributed by atoms with Crippen LogP contribution in [0, 0.1) is 12.3 Å².